The largest absolute Gasteiger partial charge is 0.425 e. The number of carbonyl (C=O) groups excluding carboxylic acids is 1. The van der Waals surface area contributed by atoms with Crippen molar-refractivity contribution in [1.82, 2.24) is 4.98 Å². The van der Waals surface area contributed by atoms with Crippen LogP contribution in [0.5, 0.6) is 5.75 Å². The van der Waals surface area contributed by atoms with Crippen LogP contribution < -0.4 is 4.74 Å². The van der Waals surface area contributed by atoms with Crippen LogP contribution in [0.4, 0.5) is 0 Å². The Bertz CT molecular complexity index is 610. The van der Waals surface area contributed by atoms with E-state index in [4.69, 9.17) is 4.74 Å². The number of nitrogens with zero attached hydrogens (tertiary/aromatic N) is 1. The summed E-state index contributed by atoms with van der Waals surface area (Å²) in [6, 6.07) is 3.94. The van der Waals surface area contributed by atoms with Gasteiger partial charge in [-0.3, -0.25) is 9.78 Å². The van der Waals surface area contributed by atoms with Crippen molar-refractivity contribution < 1.29 is 9.53 Å². The monoisotopic (exact) mass is 413 g/mol. The molecular formula is C27H43NO2. The first-order chi connectivity index (χ1) is 14.7. The van der Waals surface area contributed by atoms with Crippen molar-refractivity contribution in [2.24, 2.45) is 23.7 Å². The van der Waals surface area contributed by atoms with E-state index in [2.05, 4.69) is 18.8 Å². The highest BCUT2D eigenvalue weighted by molar-refractivity contribution is 5.72. The fourth-order valence-corrected chi connectivity index (χ4v) is 5.69. The van der Waals surface area contributed by atoms with Gasteiger partial charge in [-0.2, -0.15) is 0 Å². The number of aryl methyl sites for hydroxylation is 1. The van der Waals surface area contributed by atoms with Crippen molar-refractivity contribution in [3.8, 4) is 5.75 Å². The predicted molar refractivity (Wildman–Crippen MR) is 124 cm³/mol. The Hall–Kier alpha value is -1.38. The number of hydrogen-bond acceptors (Lipinski definition) is 3. The smallest absolute Gasteiger partial charge is 0.311 e. The molecule has 0 aromatic carbocycles. The minimum Gasteiger partial charge on any atom is -0.425 e. The highest BCUT2D eigenvalue weighted by atomic mass is 16.5. The average molecular weight is 414 g/mol. The Balaban J connectivity index is 1.33. The lowest BCUT2D eigenvalue weighted by Gasteiger charge is -2.37. The lowest BCUT2D eigenvalue weighted by Crippen LogP contribution is -2.25. The number of pyridine rings is 1. The third-order valence-electron chi connectivity index (χ3n) is 7.85. The zero-order valence-electron chi connectivity index (χ0n) is 19.4. The average Bonchev–Trinajstić information content (AvgIpc) is 2.79. The molecule has 2 saturated carbocycles. The van der Waals surface area contributed by atoms with Gasteiger partial charge in [-0.05, 0) is 80.8 Å². The molecule has 0 spiro atoms. The van der Waals surface area contributed by atoms with E-state index in [0.29, 0.717) is 12.2 Å². The number of carbonyl (C=O) groups is 1. The van der Waals surface area contributed by atoms with Gasteiger partial charge < -0.3 is 4.74 Å². The van der Waals surface area contributed by atoms with Crippen LogP contribution in [-0.4, -0.2) is 11.0 Å². The fourth-order valence-electron chi connectivity index (χ4n) is 5.69. The van der Waals surface area contributed by atoms with Crippen molar-refractivity contribution in [2.75, 3.05) is 0 Å². The molecule has 3 nitrogen and oxygen atoms in total. The Morgan fingerprint density at radius 1 is 0.933 bits per heavy atom. The van der Waals surface area contributed by atoms with Crippen LogP contribution in [-0.2, 0) is 11.2 Å². The van der Waals surface area contributed by atoms with Gasteiger partial charge in [0.1, 0.15) is 5.75 Å². The van der Waals surface area contributed by atoms with Gasteiger partial charge in [0.15, 0.2) is 0 Å². The third-order valence-corrected chi connectivity index (χ3v) is 7.85. The molecule has 3 rings (SSSR count). The summed E-state index contributed by atoms with van der Waals surface area (Å²) in [7, 11) is 0. The molecule has 0 unspecified atom stereocenters. The summed E-state index contributed by atoms with van der Waals surface area (Å²) < 4.78 is 5.39. The first-order valence-corrected chi connectivity index (χ1v) is 12.8. The van der Waals surface area contributed by atoms with Crippen molar-refractivity contribution in [2.45, 2.75) is 110 Å². The van der Waals surface area contributed by atoms with E-state index < -0.39 is 0 Å². The van der Waals surface area contributed by atoms with E-state index in [0.717, 1.165) is 55.0 Å². The standard InChI is InChI=1S/C27H43NO2/c1-3-5-6-7-27(29)30-26-19-18-25(28-20-26)17-12-22-10-15-24(16-11-22)23-13-8-21(4-2)9-14-23/h18-24H,3-17H2,1-2H3/t21-,22-,23-,24-. The molecule has 2 aliphatic carbocycles. The maximum absolute atomic E-state index is 11.8. The molecule has 0 atom stereocenters. The van der Waals surface area contributed by atoms with Crippen LogP contribution in [0, 0.1) is 23.7 Å². The normalized spacial score (nSPS) is 27.0. The van der Waals surface area contributed by atoms with Crippen LogP contribution in [0.25, 0.3) is 0 Å². The summed E-state index contributed by atoms with van der Waals surface area (Å²) in [6.07, 6.45) is 20.7. The fraction of sp³-hybridized carbons (Fsp3) is 0.778. The quantitative estimate of drug-likeness (QED) is 0.294. The van der Waals surface area contributed by atoms with E-state index in [1.165, 1.54) is 64.2 Å². The van der Waals surface area contributed by atoms with E-state index in [1.807, 2.05) is 12.1 Å². The van der Waals surface area contributed by atoms with Crippen LogP contribution in [0.15, 0.2) is 18.3 Å². The molecule has 30 heavy (non-hydrogen) atoms. The lowest BCUT2D eigenvalue weighted by atomic mass is 9.68. The van der Waals surface area contributed by atoms with Crippen LogP contribution >= 0.6 is 0 Å². The molecule has 0 aliphatic heterocycles. The van der Waals surface area contributed by atoms with Gasteiger partial charge >= 0.3 is 5.97 Å². The second kappa shape index (κ2) is 12.5. The minimum atomic E-state index is -0.141. The van der Waals surface area contributed by atoms with Gasteiger partial charge in [-0.25, -0.2) is 0 Å². The molecule has 1 aromatic heterocycles. The van der Waals surface area contributed by atoms with Crippen LogP contribution in [0.3, 0.4) is 0 Å². The topological polar surface area (TPSA) is 39.2 Å². The van der Waals surface area contributed by atoms with Crippen molar-refractivity contribution in [3.05, 3.63) is 24.0 Å². The first-order valence-electron chi connectivity index (χ1n) is 12.8. The highest BCUT2D eigenvalue weighted by Crippen LogP contribution is 2.42. The summed E-state index contributed by atoms with van der Waals surface area (Å²) in [5.41, 5.74) is 1.13. The maximum atomic E-state index is 11.8. The predicted octanol–water partition coefficient (Wildman–Crippen LogP) is 7.52. The number of ether oxygens (including phenoxy) is 1. The SMILES string of the molecule is CCCCCC(=O)Oc1ccc(CC[C@H]2CC[C@H]([C@H]3CC[C@H](CC)CC3)CC2)nc1. The molecule has 2 fully saturated rings. The summed E-state index contributed by atoms with van der Waals surface area (Å²) in [6.45, 7) is 4.50. The van der Waals surface area contributed by atoms with Gasteiger partial charge in [0, 0.05) is 12.1 Å². The molecule has 2 aliphatic rings. The Morgan fingerprint density at radius 2 is 1.60 bits per heavy atom. The van der Waals surface area contributed by atoms with Gasteiger partial charge in [-0.15, -0.1) is 0 Å². The Kier molecular flexibility index (Phi) is 9.68. The molecule has 0 N–H and O–H groups in total. The number of unbranched alkanes of at least 4 members (excludes halogenated alkanes) is 2. The second-order valence-electron chi connectivity index (χ2n) is 9.92. The summed E-state index contributed by atoms with van der Waals surface area (Å²) in [5.74, 6) is 4.35. The lowest BCUT2D eigenvalue weighted by molar-refractivity contribution is -0.134. The second-order valence-corrected chi connectivity index (χ2v) is 9.92. The van der Waals surface area contributed by atoms with Crippen LogP contribution in [0.1, 0.15) is 109 Å². The zero-order chi connectivity index (χ0) is 21.2. The molecule has 1 heterocycles. The van der Waals surface area contributed by atoms with E-state index >= 15 is 0 Å². The van der Waals surface area contributed by atoms with Gasteiger partial charge in [0.2, 0.25) is 0 Å². The van der Waals surface area contributed by atoms with Crippen molar-refractivity contribution in [3.63, 3.8) is 0 Å². The maximum Gasteiger partial charge on any atom is 0.311 e. The molecule has 0 amide bonds. The number of hydrogen-bond donors (Lipinski definition) is 0. The van der Waals surface area contributed by atoms with E-state index in [9.17, 15) is 4.79 Å². The molecule has 0 saturated heterocycles. The molecule has 1 aromatic rings. The van der Waals surface area contributed by atoms with Gasteiger partial charge in [0.05, 0.1) is 6.20 Å². The number of esters is 1. The zero-order valence-corrected chi connectivity index (χ0v) is 19.4. The third kappa shape index (κ3) is 7.39. The summed E-state index contributed by atoms with van der Waals surface area (Å²) in [5, 5.41) is 0. The van der Waals surface area contributed by atoms with Crippen molar-refractivity contribution >= 4 is 5.97 Å². The molecule has 0 radical (unpaired) electrons. The van der Waals surface area contributed by atoms with Crippen LogP contribution in [0.2, 0.25) is 0 Å². The summed E-state index contributed by atoms with van der Waals surface area (Å²) in [4.78, 5) is 16.4. The summed E-state index contributed by atoms with van der Waals surface area (Å²) >= 11 is 0. The Morgan fingerprint density at radius 3 is 2.17 bits per heavy atom. The number of rotatable bonds is 10. The minimum absolute atomic E-state index is 0.141. The number of aromatic nitrogens is 1. The van der Waals surface area contributed by atoms with Gasteiger partial charge in [-0.1, -0.05) is 58.8 Å². The van der Waals surface area contributed by atoms with E-state index in [1.54, 1.807) is 6.20 Å². The molecule has 0 bridgehead atoms. The first kappa shape index (κ1) is 23.3. The molecular weight excluding hydrogens is 370 g/mol. The highest BCUT2D eigenvalue weighted by Gasteiger charge is 2.30. The van der Waals surface area contributed by atoms with Gasteiger partial charge in [0.25, 0.3) is 0 Å². The molecule has 168 valence electrons. The van der Waals surface area contributed by atoms with E-state index in [-0.39, 0.29) is 5.97 Å². The van der Waals surface area contributed by atoms with Crippen molar-refractivity contribution in [1.29, 1.82) is 0 Å². The molecule has 3 heteroatoms. The Labute approximate surface area is 184 Å².